The first-order valence-electron chi connectivity index (χ1n) is 5.90. The summed E-state index contributed by atoms with van der Waals surface area (Å²) in [6.45, 7) is 1.83. The number of aryl methyl sites for hydroxylation is 1. The van der Waals surface area contributed by atoms with Gasteiger partial charge >= 0.3 is 12.0 Å². The van der Waals surface area contributed by atoms with Crippen molar-refractivity contribution in [1.82, 2.24) is 25.7 Å². The van der Waals surface area contributed by atoms with Crippen LogP contribution in [0.15, 0.2) is 12.4 Å². The van der Waals surface area contributed by atoms with Gasteiger partial charge in [-0.15, -0.1) is 0 Å². The number of urea groups is 1. The Morgan fingerprint density at radius 2 is 2.00 bits per heavy atom. The van der Waals surface area contributed by atoms with Crippen LogP contribution in [0.5, 0.6) is 0 Å². The minimum absolute atomic E-state index is 0.199. The molecule has 0 aliphatic heterocycles. The van der Waals surface area contributed by atoms with E-state index in [0.717, 1.165) is 0 Å². The molecule has 9 nitrogen and oxygen atoms in total. The summed E-state index contributed by atoms with van der Waals surface area (Å²) in [5.74, 6) is -1.39. The number of carbonyl (C=O) groups excluding carboxylic acids is 2. The predicted octanol–water partition coefficient (Wildman–Crippen LogP) is -1.02. The van der Waals surface area contributed by atoms with E-state index >= 15 is 0 Å². The summed E-state index contributed by atoms with van der Waals surface area (Å²) in [6.07, 6.45) is 2.88. The van der Waals surface area contributed by atoms with Gasteiger partial charge in [-0.3, -0.25) is 9.48 Å². The normalized spacial score (nSPS) is 11.5. The van der Waals surface area contributed by atoms with Crippen molar-refractivity contribution in [3.05, 3.63) is 18.0 Å². The van der Waals surface area contributed by atoms with E-state index in [-0.39, 0.29) is 19.0 Å². The highest BCUT2D eigenvalue weighted by Crippen LogP contribution is 2.11. The summed E-state index contributed by atoms with van der Waals surface area (Å²) in [4.78, 5) is 33.3. The van der Waals surface area contributed by atoms with Crippen molar-refractivity contribution in [2.24, 2.45) is 7.05 Å². The minimum atomic E-state index is -1.19. The second kappa shape index (κ2) is 7.12. The number of rotatable bonds is 6. The molecule has 4 N–H and O–H groups in total. The molecule has 0 aliphatic carbocycles. The standard InChI is InChI=1S/C11H17N5O4/c1-7(17)12-3-4-13-11(20)15-9(10(18)19)8-5-14-16(2)6-8/h5-6,9H,3-4H2,1-2H3,(H,12,17)(H,18,19)(H2,13,15,20). The van der Waals surface area contributed by atoms with E-state index in [1.807, 2.05) is 0 Å². The van der Waals surface area contributed by atoms with E-state index < -0.39 is 18.0 Å². The van der Waals surface area contributed by atoms with E-state index in [1.54, 1.807) is 7.05 Å². The Bertz CT molecular complexity index is 499. The van der Waals surface area contributed by atoms with Gasteiger partial charge in [-0.2, -0.15) is 5.10 Å². The number of aliphatic carboxylic acids is 1. The predicted molar refractivity (Wildman–Crippen MR) is 68.8 cm³/mol. The molecule has 1 atom stereocenters. The van der Waals surface area contributed by atoms with Crippen molar-refractivity contribution in [3.8, 4) is 0 Å². The maximum atomic E-state index is 11.6. The summed E-state index contributed by atoms with van der Waals surface area (Å²) in [5.41, 5.74) is 0.372. The first-order chi connectivity index (χ1) is 9.40. The van der Waals surface area contributed by atoms with Crippen LogP contribution in [0.25, 0.3) is 0 Å². The molecule has 1 aromatic heterocycles. The molecule has 1 heterocycles. The second-order valence-corrected chi connectivity index (χ2v) is 4.10. The highest BCUT2D eigenvalue weighted by Gasteiger charge is 2.23. The van der Waals surface area contributed by atoms with Crippen LogP contribution in [0.2, 0.25) is 0 Å². The lowest BCUT2D eigenvalue weighted by Gasteiger charge is -2.13. The molecule has 20 heavy (non-hydrogen) atoms. The third-order valence-corrected chi connectivity index (χ3v) is 2.37. The number of hydrogen-bond donors (Lipinski definition) is 4. The number of carbonyl (C=O) groups is 3. The van der Waals surface area contributed by atoms with Gasteiger partial charge in [0.15, 0.2) is 6.04 Å². The Morgan fingerprint density at radius 3 is 2.50 bits per heavy atom. The maximum Gasteiger partial charge on any atom is 0.331 e. The highest BCUT2D eigenvalue weighted by atomic mass is 16.4. The molecule has 110 valence electrons. The second-order valence-electron chi connectivity index (χ2n) is 4.10. The van der Waals surface area contributed by atoms with E-state index in [2.05, 4.69) is 21.0 Å². The van der Waals surface area contributed by atoms with Crippen LogP contribution in [0.4, 0.5) is 4.79 Å². The number of carboxylic acids is 1. The molecule has 0 aromatic carbocycles. The molecule has 9 heteroatoms. The van der Waals surface area contributed by atoms with Gasteiger partial charge in [0.2, 0.25) is 5.91 Å². The molecule has 3 amide bonds. The summed E-state index contributed by atoms with van der Waals surface area (Å²) < 4.78 is 1.45. The molecular weight excluding hydrogens is 266 g/mol. The van der Waals surface area contributed by atoms with Crippen LogP contribution >= 0.6 is 0 Å². The average Bonchev–Trinajstić information content (AvgIpc) is 2.77. The Balaban J connectivity index is 2.48. The Hall–Kier alpha value is -2.58. The van der Waals surface area contributed by atoms with E-state index in [4.69, 9.17) is 5.11 Å². The zero-order valence-corrected chi connectivity index (χ0v) is 11.2. The van der Waals surface area contributed by atoms with Crippen LogP contribution in [-0.2, 0) is 16.6 Å². The van der Waals surface area contributed by atoms with Crippen molar-refractivity contribution in [2.45, 2.75) is 13.0 Å². The zero-order valence-electron chi connectivity index (χ0n) is 11.2. The Labute approximate surface area is 115 Å². The summed E-state index contributed by atoms with van der Waals surface area (Å²) in [7, 11) is 1.65. The van der Waals surface area contributed by atoms with Crippen LogP contribution in [-0.4, -0.2) is 45.9 Å². The lowest BCUT2D eigenvalue weighted by Crippen LogP contribution is -2.43. The molecule has 0 fully saturated rings. The number of hydrogen-bond acceptors (Lipinski definition) is 4. The molecule has 0 radical (unpaired) electrons. The number of aromatic nitrogens is 2. The van der Waals surface area contributed by atoms with Crippen molar-refractivity contribution in [1.29, 1.82) is 0 Å². The van der Waals surface area contributed by atoms with E-state index in [0.29, 0.717) is 5.56 Å². The largest absolute Gasteiger partial charge is 0.479 e. The Kier molecular flexibility index (Phi) is 5.51. The molecule has 0 aliphatic rings. The van der Waals surface area contributed by atoms with Crippen molar-refractivity contribution in [2.75, 3.05) is 13.1 Å². The lowest BCUT2D eigenvalue weighted by molar-refractivity contribution is -0.139. The molecule has 1 rings (SSSR count). The van der Waals surface area contributed by atoms with Gasteiger partial charge in [0.05, 0.1) is 6.20 Å². The lowest BCUT2D eigenvalue weighted by atomic mass is 10.1. The van der Waals surface area contributed by atoms with Crippen LogP contribution in [0.3, 0.4) is 0 Å². The zero-order chi connectivity index (χ0) is 15.1. The van der Waals surface area contributed by atoms with E-state index in [9.17, 15) is 14.4 Å². The fraction of sp³-hybridized carbons (Fsp3) is 0.455. The summed E-state index contributed by atoms with van der Waals surface area (Å²) in [6, 6.07) is -1.81. The molecule has 0 saturated heterocycles. The number of nitrogens with zero attached hydrogens (tertiary/aromatic N) is 2. The Morgan fingerprint density at radius 1 is 1.35 bits per heavy atom. The van der Waals surface area contributed by atoms with Gasteiger partial charge < -0.3 is 21.1 Å². The van der Waals surface area contributed by atoms with Crippen LogP contribution in [0, 0.1) is 0 Å². The average molecular weight is 283 g/mol. The minimum Gasteiger partial charge on any atom is -0.479 e. The quantitative estimate of drug-likeness (QED) is 0.497. The smallest absolute Gasteiger partial charge is 0.331 e. The maximum absolute atomic E-state index is 11.6. The summed E-state index contributed by atoms with van der Waals surface area (Å²) in [5, 5.41) is 20.2. The van der Waals surface area contributed by atoms with Gasteiger partial charge in [-0.05, 0) is 0 Å². The molecule has 1 unspecified atom stereocenters. The third-order valence-electron chi connectivity index (χ3n) is 2.37. The summed E-state index contributed by atoms with van der Waals surface area (Å²) >= 11 is 0. The van der Waals surface area contributed by atoms with Gasteiger partial charge in [0, 0.05) is 38.8 Å². The van der Waals surface area contributed by atoms with Gasteiger partial charge in [0.25, 0.3) is 0 Å². The molecule has 0 saturated carbocycles. The first kappa shape index (κ1) is 15.5. The fourth-order valence-corrected chi connectivity index (χ4v) is 1.47. The van der Waals surface area contributed by atoms with E-state index in [1.165, 1.54) is 24.0 Å². The molecule has 1 aromatic rings. The van der Waals surface area contributed by atoms with Gasteiger partial charge in [-0.25, -0.2) is 9.59 Å². The van der Waals surface area contributed by atoms with Crippen LogP contribution in [0.1, 0.15) is 18.5 Å². The SMILES string of the molecule is CC(=O)NCCNC(=O)NC(C(=O)O)c1cnn(C)c1. The van der Waals surface area contributed by atoms with Crippen LogP contribution < -0.4 is 16.0 Å². The monoisotopic (exact) mass is 283 g/mol. The number of nitrogens with one attached hydrogen (secondary N) is 3. The topological polar surface area (TPSA) is 125 Å². The third kappa shape index (κ3) is 4.96. The van der Waals surface area contributed by atoms with Gasteiger partial charge in [0.1, 0.15) is 0 Å². The van der Waals surface area contributed by atoms with Crippen molar-refractivity contribution in [3.63, 3.8) is 0 Å². The molecule has 0 spiro atoms. The van der Waals surface area contributed by atoms with Crippen molar-refractivity contribution >= 4 is 17.9 Å². The van der Waals surface area contributed by atoms with Gasteiger partial charge in [-0.1, -0.05) is 0 Å². The molecule has 0 bridgehead atoms. The van der Waals surface area contributed by atoms with Crippen molar-refractivity contribution < 1.29 is 19.5 Å². The highest BCUT2D eigenvalue weighted by molar-refractivity contribution is 5.83. The fourth-order valence-electron chi connectivity index (χ4n) is 1.47. The molecular formula is C11H17N5O4. The number of carboxylic acid groups (broad SMARTS) is 1. The first-order valence-corrected chi connectivity index (χ1v) is 5.90. The number of amides is 3.